The van der Waals surface area contributed by atoms with Crippen LogP contribution < -0.4 is 10.6 Å². The Balaban J connectivity index is 1.57. The lowest BCUT2D eigenvalue weighted by Crippen LogP contribution is -2.41. The zero-order valence-corrected chi connectivity index (χ0v) is 10.0. The smallest absolute Gasteiger partial charge is 0.223 e. The molecule has 0 aromatic heterocycles. The van der Waals surface area contributed by atoms with Gasteiger partial charge in [-0.3, -0.25) is 4.79 Å². The standard InChI is InChI=1S/C12H23N3O/c16-12(15-9-1-2-10-15)5-8-14-11-3-6-13-7-4-11/h11,13-14H,1-10H2. The molecular formula is C12H23N3O. The SMILES string of the molecule is O=C(CCNC1CCNCC1)N1CCCC1. The van der Waals surface area contributed by atoms with E-state index in [1.54, 1.807) is 0 Å². The highest BCUT2D eigenvalue weighted by Crippen LogP contribution is 2.08. The van der Waals surface area contributed by atoms with Crippen molar-refractivity contribution >= 4 is 5.91 Å². The van der Waals surface area contributed by atoms with E-state index in [1.165, 1.54) is 25.7 Å². The van der Waals surface area contributed by atoms with Gasteiger partial charge in [0.25, 0.3) is 0 Å². The van der Waals surface area contributed by atoms with Gasteiger partial charge in [0.15, 0.2) is 0 Å². The fourth-order valence-electron chi connectivity index (χ4n) is 2.53. The number of hydrogen-bond donors (Lipinski definition) is 2. The van der Waals surface area contributed by atoms with Crippen LogP contribution in [0, 0.1) is 0 Å². The molecule has 0 atom stereocenters. The maximum atomic E-state index is 11.8. The molecule has 2 rings (SSSR count). The molecule has 0 bridgehead atoms. The van der Waals surface area contributed by atoms with Crippen molar-refractivity contribution in [1.29, 1.82) is 0 Å². The topological polar surface area (TPSA) is 44.4 Å². The van der Waals surface area contributed by atoms with Crippen molar-refractivity contribution in [2.45, 2.75) is 38.1 Å². The van der Waals surface area contributed by atoms with Crippen LogP contribution in [0.3, 0.4) is 0 Å². The van der Waals surface area contributed by atoms with Gasteiger partial charge in [0.2, 0.25) is 5.91 Å². The number of rotatable bonds is 4. The number of hydrogen-bond acceptors (Lipinski definition) is 3. The van der Waals surface area contributed by atoms with Crippen molar-refractivity contribution in [3.05, 3.63) is 0 Å². The number of piperidine rings is 1. The van der Waals surface area contributed by atoms with Gasteiger partial charge in [-0.05, 0) is 38.8 Å². The summed E-state index contributed by atoms with van der Waals surface area (Å²) >= 11 is 0. The number of amides is 1. The first kappa shape index (κ1) is 11.9. The normalized spacial score (nSPS) is 22.6. The van der Waals surface area contributed by atoms with Crippen molar-refractivity contribution < 1.29 is 4.79 Å². The summed E-state index contributed by atoms with van der Waals surface area (Å²) in [7, 11) is 0. The molecule has 4 heteroatoms. The molecule has 2 aliphatic rings. The Morgan fingerprint density at radius 2 is 1.94 bits per heavy atom. The minimum atomic E-state index is 0.332. The highest BCUT2D eigenvalue weighted by molar-refractivity contribution is 5.76. The van der Waals surface area contributed by atoms with Crippen LogP contribution in [-0.2, 0) is 4.79 Å². The van der Waals surface area contributed by atoms with Crippen LogP contribution >= 0.6 is 0 Å². The van der Waals surface area contributed by atoms with E-state index in [9.17, 15) is 4.79 Å². The van der Waals surface area contributed by atoms with E-state index >= 15 is 0 Å². The molecule has 0 radical (unpaired) electrons. The second-order valence-electron chi connectivity index (χ2n) is 4.82. The van der Waals surface area contributed by atoms with Gasteiger partial charge >= 0.3 is 0 Å². The highest BCUT2D eigenvalue weighted by atomic mass is 16.2. The minimum absolute atomic E-state index is 0.332. The number of likely N-dealkylation sites (tertiary alicyclic amines) is 1. The maximum Gasteiger partial charge on any atom is 0.223 e. The van der Waals surface area contributed by atoms with Crippen molar-refractivity contribution in [3.8, 4) is 0 Å². The van der Waals surface area contributed by atoms with Gasteiger partial charge in [0, 0.05) is 32.1 Å². The average molecular weight is 225 g/mol. The Morgan fingerprint density at radius 3 is 2.62 bits per heavy atom. The van der Waals surface area contributed by atoms with Gasteiger partial charge in [0.05, 0.1) is 0 Å². The van der Waals surface area contributed by atoms with Crippen LogP contribution in [0.5, 0.6) is 0 Å². The second kappa shape index (κ2) is 6.21. The summed E-state index contributed by atoms with van der Waals surface area (Å²) in [6.07, 6.45) is 5.43. The van der Waals surface area contributed by atoms with Gasteiger partial charge < -0.3 is 15.5 Å². The number of carbonyl (C=O) groups excluding carboxylic acids is 1. The van der Waals surface area contributed by atoms with E-state index < -0.39 is 0 Å². The Kier molecular flexibility index (Phi) is 4.60. The van der Waals surface area contributed by atoms with E-state index in [0.717, 1.165) is 32.7 Å². The summed E-state index contributed by atoms with van der Waals surface area (Å²) in [5, 5.41) is 6.83. The summed E-state index contributed by atoms with van der Waals surface area (Å²) in [5.41, 5.74) is 0. The number of carbonyl (C=O) groups is 1. The molecule has 16 heavy (non-hydrogen) atoms. The Hall–Kier alpha value is -0.610. The van der Waals surface area contributed by atoms with Crippen LogP contribution in [0.15, 0.2) is 0 Å². The fourth-order valence-corrected chi connectivity index (χ4v) is 2.53. The van der Waals surface area contributed by atoms with Crippen LogP contribution in [-0.4, -0.2) is 49.6 Å². The molecule has 0 aliphatic carbocycles. The molecule has 2 N–H and O–H groups in total. The van der Waals surface area contributed by atoms with Crippen LogP contribution in [0.25, 0.3) is 0 Å². The summed E-state index contributed by atoms with van der Waals surface area (Å²) in [6, 6.07) is 0.618. The van der Waals surface area contributed by atoms with Gasteiger partial charge in [-0.1, -0.05) is 0 Å². The predicted molar refractivity (Wildman–Crippen MR) is 64.3 cm³/mol. The molecule has 0 spiro atoms. The van der Waals surface area contributed by atoms with Gasteiger partial charge in [-0.25, -0.2) is 0 Å². The third-order valence-electron chi connectivity index (χ3n) is 3.57. The lowest BCUT2D eigenvalue weighted by molar-refractivity contribution is -0.130. The quantitative estimate of drug-likeness (QED) is 0.725. The van der Waals surface area contributed by atoms with Gasteiger partial charge in [-0.15, -0.1) is 0 Å². The molecule has 2 fully saturated rings. The first-order valence-corrected chi connectivity index (χ1v) is 6.58. The monoisotopic (exact) mass is 225 g/mol. The highest BCUT2D eigenvalue weighted by Gasteiger charge is 2.18. The molecular weight excluding hydrogens is 202 g/mol. The molecule has 4 nitrogen and oxygen atoms in total. The van der Waals surface area contributed by atoms with E-state index in [2.05, 4.69) is 10.6 Å². The summed E-state index contributed by atoms with van der Waals surface area (Å²) in [6.45, 7) is 5.02. The Morgan fingerprint density at radius 1 is 1.25 bits per heavy atom. The van der Waals surface area contributed by atoms with Gasteiger partial charge in [0.1, 0.15) is 0 Å². The second-order valence-corrected chi connectivity index (χ2v) is 4.82. The summed E-state index contributed by atoms with van der Waals surface area (Å²) < 4.78 is 0. The van der Waals surface area contributed by atoms with Crippen molar-refractivity contribution in [2.24, 2.45) is 0 Å². The molecule has 0 saturated carbocycles. The Bertz CT molecular complexity index is 220. The molecule has 0 unspecified atom stereocenters. The summed E-state index contributed by atoms with van der Waals surface area (Å²) in [5.74, 6) is 0.332. The van der Waals surface area contributed by atoms with Crippen LogP contribution in [0.4, 0.5) is 0 Å². The lowest BCUT2D eigenvalue weighted by atomic mass is 10.1. The summed E-state index contributed by atoms with van der Waals surface area (Å²) in [4.78, 5) is 13.8. The third kappa shape index (κ3) is 3.46. The zero-order chi connectivity index (χ0) is 11.2. The molecule has 92 valence electrons. The molecule has 1 amide bonds. The van der Waals surface area contributed by atoms with E-state index in [-0.39, 0.29) is 0 Å². The average Bonchev–Trinajstić information content (AvgIpc) is 2.84. The third-order valence-corrected chi connectivity index (χ3v) is 3.57. The first-order valence-electron chi connectivity index (χ1n) is 6.58. The molecule has 0 aromatic carbocycles. The van der Waals surface area contributed by atoms with Crippen molar-refractivity contribution in [2.75, 3.05) is 32.7 Å². The van der Waals surface area contributed by atoms with E-state index in [1.807, 2.05) is 4.90 Å². The molecule has 2 heterocycles. The molecule has 0 aromatic rings. The van der Waals surface area contributed by atoms with Crippen LogP contribution in [0.1, 0.15) is 32.1 Å². The zero-order valence-electron chi connectivity index (χ0n) is 10.0. The fraction of sp³-hybridized carbons (Fsp3) is 0.917. The van der Waals surface area contributed by atoms with E-state index in [0.29, 0.717) is 18.4 Å². The minimum Gasteiger partial charge on any atom is -0.343 e. The predicted octanol–water partition coefficient (Wildman–Crippen LogP) is 0.341. The molecule has 2 aliphatic heterocycles. The number of nitrogens with zero attached hydrogens (tertiary/aromatic N) is 1. The molecule has 2 saturated heterocycles. The maximum absolute atomic E-state index is 11.8. The van der Waals surface area contributed by atoms with Crippen molar-refractivity contribution in [1.82, 2.24) is 15.5 Å². The largest absolute Gasteiger partial charge is 0.343 e. The van der Waals surface area contributed by atoms with Crippen molar-refractivity contribution in [3.63, 3.8) is 0 Å². The van der Waals surface area contributed by atoms with Gasteiger partial charge in [-0.2, -0.15) is 0 Å². The number of nitrogens with one attached hydrogen (secondary N) is 2. The van der Waals surface area contributed by atoms with E-state index in [4.69, 9.17) is 0 Å². The van der Waals surface area contributed by atoms with Crippen LogP contribution in [0.2, 0.25) is 0 Å². The lowest BCUT2D eigenvalue weighted by Gasteiger charge is -2.24. The first-order chi connectivity index (χ1) is 7.86. The Labute approximate surface area is 97.8 Å².